The van der Waals surface area contributed by atoms with E-state index < -0.39 is 5.97 Å². The van der Waals surface area contributed by atoms with E-state index in [2.05, 4.69) is 5.32 Å². The van der Waals surface area contributed by atoms with Gasteiger partial charge in [-0.2, -0.15) is 0 Å². The lowest BCUT2D eigenvalue weighted by molar-refractivity contribution is -0.110. The van der Waals surface area contributed by atoms with Crippen molar-refractivity contribution in [3.8, 4) is 28.0 Å². The maximum Gasteiger partial charge on any atom is 0.335 e. The molecule has 4 aromatic carbocycles. The Bertz CT molecular complexity index is 1540. The number of anilines is 1. The van der Waals surface area contributed by atoms with E-state index >= 15 is 0 Å². The molecule has 0 fully saturated rings. The summed E-state index contributed by atoms with van der Waals surface area (Å²) in [6, 6.07) is 23.5. The largest absolute Gasteiger partial charge is 0.507 e. The van der Waals surface area contributed by atoms with Crippen molar-refractivity contribution in [1.82, 2.24) is 0 Å². The van der Waals surface area contributed by atoms with Crippen molar-refractivity contribution >= 4 is 40.8 Å². The summed E-state index contributed by atoms with van der Waals surface area (Å²) in [6.45, 7) is 1.73. The fraction of sp³-hybridized carbons (Fsp3) is 0.0345. The van der Waals surface area contributed by atoms with Gasteiger partial charge in [0.2, 0.25) is 0 Å². The van der Waals surface area contributed by atoms with Crippen LogP contribution in [0.3, 0.4) is 0 Å². The van der Waals surface area contributed by atoms with Gasteiger partial charge in [0.25, 0.3) is 5.91 Å². The summed E-state index contributed by atoms with van der Waals surface area (Å²) in [5, 5.41) is 22.9. The molecule has 0 atom stereocenters. The van der Waals surface area contributed by atoms with Crippen LogP contribution in [0, 0.1) is 6.92 Å². The van der Waals surface area contributed by atoms with Gasteiger partial charge in [-0.1, -0.05) is 66.2 Å². The number of rotatable bonds is 4. The van der Waals surface area contributed by atoms with Crippen molar-refractivity contribution < 1.29 is 19.8 Å². The van der Waals surface area contributed by atoms with Gasteiger partial charge in [0.1, 0.15) is 5.75 Å². The third-order valence-corrected chi connectivity index (χ3v) is 6.42. The predicted octanol–water partition coefficient (Wildman–Crippen LogP) is 6.88. The number of aryl methyl sites for hydroxylation is 1. The maximum absolute atomic E-state index is 12.8. The van der Waals surface area contributed by atoms with Crippen molar-refractivity contribution in [2.24, 2.45) is 0 Å². The quantitative estimate of drug-likeness (QED) is 0.277. The highest BCUT2D eigenvalue weighted by atomic mass is 35.5. The first-order valence-corrected chi connectivity index (χ1v) is 11.3. The molecule has 0 aliphatic carbocycles. The van der Waals surface area contributed by atoms with Crippen LogP contribution in [0.4, 0.5) is 5.69 Å². The number of phenols is 1. The van der Waals surface area contributed by atoms with Crippen molar-refractivity contribution in [3.63, 3.8) is 0 Å². The van der Waals surface area contributed by atoms with E-state index in [4.69, 9.17) is 11.6 Å². The number of carbonyl (C=O) groups is 2. The highest BCUT2D eigenvalue weighted by Gasteiger charge is 2.26. The average molecular weight is 482 g/mol. The number of carboxylic acid groups (broad SMARTS) is 1. The Morgan fingerprint density at radius 3 is 2.26 bits per heavy atom. The van der Waals surface area contributed by atoms with Crippen LogP contribution in [0.15, 0.2) is 78.9 Å². The average Bonchev–Trinajstić information content (AvgIpc) is 3.13. The zero-order chi connectivity index (χ0) is 24.7. The summed E-state index contributed by atoms with van der Waals surface area (Å²) in [6.07, 6.45) is 1.69. The normalized spacial score (nSPS) is 13.5. The predicted molar refractivity (Wildman–Crippen MR) is 139 cm³/mol. The number of nitrogens with one attached hydrogen (secondary N) is 1. The van der Waals surface area contributed by atoms with Gasteiger partial charge in [-0.25, -0.2) is 4.79 Å². The summed E-state index contributed by atoms with van der Waals surface area (Å²) in [5.74, 6) is -1.08. The molecule has 0 spiro atoms. The molecule has 172 valence electrons. The van der Waals surface area contributed by atoms with Gasteiger partial charge in [0.05, 0.1) is 16.3 Å². The number of hydrogen-bond donors (Lipinski definition) is 3. The molecule has 1 aliphatic rings. The van der Waals surface area contributed by atoms with Gasteiger partial charge in [-0.3, -0.25) is 4.79 Å². The molecule has 5 nitrogen and oxygen atoms in total. The molecule has 35 heavy (non-hydrogen) atoms. The molecule has 4 aromatic rings. The van der Waals surface area contributed by atoms with Crippen LogP contribution >= 0.6 is 11.6 Å². The first-order chi connectivity index (χ1) is 16.8. The monoisotopic (exact) mass is 481 g/mol. The minimum atomic E-state index is -1.01. The van der Waals surface area contributed by atoms with Gasteiger partial charge in [-0.05, 0) is 59.5 Å². The highest BCUT2D eigenvalue weighted by Crippen LogP contribution is 2.41. The Balaban J connectivity index is 1.55. The molecule has 0 radical (unpaired) electrons. The van der Waals surface area contributed by atoms with E-state index in [-0.39, 0.29) is 17.2 Å². The number of fused-ring (bicyclic) bond motifs is 1. The van der Waals surface area contributed by atoms with E-state index in [1.807, 2.05) is 42.5 Å². The number of carbonyl (C=O) groups excluding carboxylic acids is 1. The number of para-hydroxylation sites is 1. The molecule has 0 unspecified atom stereocenters. The van der Waals surface area contributed by atoms with E-state index in [1.54, 1.807) is 49.4 Å². The van der Waals surface area contributed by atoms with Crippen LogP contribution in [0.25, 0.3) is 33.9 Å². The number of amides is 1. The number of hydrogen-bond acceptors (Lipinski definition) is 3. The zero-order valence-electron chi connectivity index (χ0n) is 18.7. The lowest BCUT2D eigenvalue weighted by Gasteiger charge is -2.10. The van der Waals surface area contributed by atoms with E-state index in [0.29, 0.717) is 33.0 Å². The van der Waals surface area contributed by atoms with Crippen LogP contribution < -0.4 is 5.32 Å². The lowest BCUT2D eigenvalue weighted by atomic mass is 9.96. The molecule has 3 N–H and O–H groups in total. The van der Waals surface area contributed by atoms with Gasteiger partial charge in [0, 0.05) is 22.3 Å². The minimum absolute atomic E-state index is 0.194. The summed E-state index contributed by atoms with van der Waals surface area (Å²) in [5.41, 5.74) is 6.41. The molecule has 1 aliphatic heterocycles. The third kappa shape index (κ3) is 4.18. The second-order valence-corrected chi connectivity index (χ2v) is 8.77. The second kappa shape index (κ2) is 8.78. The Labute approximate surface area is 206 Å². The molecule has 0 saturated heterocycles. The fourth-order valence-electron chi connectivity index (χ4n) is 4.25. The Morgan fingerprint density at radius 2 is 1.57 bits per heavy atom. The molecule has 0 saturated carbocycles. The molecule has 5 rings (SSSR count). The number of halogens is 1. The van der Waals surface area contributed by atoms with E-state index in [1.165, 1.54) is 0 Å². The number of benzene rings is 4. The Kier molecular flexibility index (Phi) is 5.63. The van der Waals surface area contributed by atoms with Gasteiger partial charge in [0.15, 0.2) is 0 Å². The Morgan fingerprint density at radius 1 is 0.886 bits per heavy atom. The highest BCUT2D eigenvalue weighted by molar-refractivity contribution is 6.38. The van der Waals surface area contributed by atoms with Gasteiger partial charge >= 0.3 is 5.97 Å². The molecule has 1 amide bonds. The molecule has 6 heteroatoms. The fourth-order valence-corrected chi connectivity index (χ4v) is 4.52. The van der Waals surface area contributed by atoms with Crippen LogP contribution in [-0.2, 0) is 4.79 Å². The van der Waals surface area contributed by atoms with Gasteiger partial charge in [-0.15, -0.1) is 0 Å². The first kappa shape index (κ1) is 22.4. The number of phenolic OH excluding ortho intramolecular Hbond substituents is 1. The summed E-state index contributed by atoms with van der Waals surface area (Å²) < 4.78 is 0. The summed E-state index contributed by atoms with van der Waals surface area (Å²) in [7, 11) is 0. The molecular formula is C29H20ClNO4. The van der Waals surface area contributed by atoms with Gasteiger partial charge < -0.3 is 15.5 Å². The summed E-state index contributed by atoms with van der Waals surface area (Å²) in [4.78, 5) is 24.3. The zero-order valence-corrected chi connectivity index (χ0v) is 19.4. The van der Waals surface area contributed by atoms with Crippen LogP contribution in [-0.4, -0.2) is 22.1 Å². The second-order valence-electron chi connectivity index (χ2n) is 8.36. The van der Waals surface area contributed by atoms with Crippen molar-refractivity contribution in [3.05, 3.63) is 106 Å². The van der Waals surface area contributed by atoms with E-state index in [9.17, 15) is 19.8 Å². The molecular weight excluding hydrogens is 462 g/mol. The first-order valence-electron chi connectivity index (χ1n) is 10.9. The number of aromatic hydroxyl groups is 1. The van der Waals surface area contributed by atoms with Crippen LogP contribution in [0.5, 0.6) is 5.75 Å². The smallest absolute Gasteiger partial charge is 0.335 e. The van der Waals surface area contributed by atoms with Crippen molar-refractivity contribution in [2.45, 2.75) is 6.92 Å². The lowest BCUT2D eigenvalue weighted by Crippen LogP contribution is -2.04. The minimum Gasteiger partial charge on any atom is -0.507 e. The summed E-state index contributed by atoms with van der Waals surface area (Å²) >= 11 is 6.58. The topological polar surface area (TPSA) is 86.6 Å². The van der Waals surface area contributed by atoms with Crippen LogP contribution in [0.1, 0.15) is 27.0 Å². The van der Waals surface area contributed by atoms with Crippen molar-refractivity contribution in [2.75, 3.05) is 5.32 Å². The van der Waals surface area contributed by atoms with Crippen LogP contribution in [0.2, 0.25) is 5.02 Å². The number of aromatic carboxylic acids is 1. The standard InChI is InChI=1S/C29H20ClNO4/c1-16-6-7-17(12-21(16)29(34)35)13-24-23-14-22(25(30)15-26(23)31-28(24)33)19-10-8-18(9-11-19)20-4-2-3-5-27(20)32/h2-15,32H,1H3,(H,31,33)(H,34,35). The molecule has 0 aromatic heterocycles. The van der Waals surface area contributed by atoms with Crippen molar-refractivity contribution in [1.29, 1.82) is 0 Å². The Hall–Kier alpha value is -4.35. The molecule has 0 bridgehead atoms. The third-order valence-electron chi connectivity index (χ3n) is 6.10. The maximum atomic E-state index is 12.8. The molecule has 1 heterocycles. The number of carboxylic acids is 1. The van der Waals surface area contributed by atoms with E-state index in [0.717, 1.165) is 22.3 Å². The SMILES string of the molecule is Cc1ccc(C=C2C(=O)Nc3cc(Cl)c(-c4ccc(-c5ccccc5O)cc4)cc32)cc1C(=O)O.